The smallest absolute Gasteiger partial charge is 0.286 e. The first-order valence-corrected chi connectivity index (χ1v) is 12.3. The van der Waals surface area contributed by atoms with Gasteiger partial charge in [-0.3, -0.25) is 4.79 Å². The van der Waals surface area contributed by atoms with E-state index in [2.05, 4.69) is 15.5 Å². The predicted molar refractivity (Wildman–Crippen MR) is 114 cm³/mol. The molecule has 1 aliphatic heterocycles. The zero-order valence-electron chi connectivity index (χ0n) is 15.7. The molecule has 1 aliphatic rings. The Morgan fingerprint density at radius 3 is 2.72 bits per heavy atom. The highest BCUT2D eigenvalue weighted by Gasteiger charge is 2.33. The first-order chi connectivity index (χ1) is 13.9. The monoisotopic (exact) mass is 448 g/mol. The van der Waals surface area contributed by atoms with E-state index in [0.717, 1.165) is 18.4 Å². The summed E-state index contributed by atoms with van der Waals surface area (Å²) in [5.74, 6) is -0.367. The first-order valence-electron chi connectivity index (χ1n) is 9.18. The Kier molecular flexibility index (Phi) is 5.77. The molecule has 1 saturated heterocycles. The molecule has 10 heteroatoms. The van der Waals surface area contributed by atoms with Crippen molar-refractivity contribution in [2.24, 2.45) is 0 Å². The Hall–Kier alpha value is -2.14. The van der Waals surface area contributed by atoms with Gasteiger partial charge in [0.2, 0.25) is 5.01 Å². The maximum absolute atomic E-state index is 12.8. The highest BCUT2D eigenvalue weighted by Crippen LogP contribution is 2.33. The molecule has 1 fully saturated rings. The largest absolute Gasteiger partial charge is 0.320 e. The van der Waals surface area contributed by atoms with Crippen LogP contribution in [0.2, 0.25) is 0 Å². The lowest BCUT2D eigenvalue weighted by molar-refractivity contribution is 0.102. The summed E-state index contributed by atoms with van der Waals surface area (Å²) in [6.45, 7) is 2.83. The Morgan fingerprint density at radius 1 is 1.21 bits per heavy atom. The third-order valence-corrected chi connectivity index (χ3v) is 9.09. The number of amides is 1. The Labute approximate surface area is 177 Å². The van der Waals surface area contributed by atoms with Gasteiger partial charge >= 0.3 is 0 Å². The van der Waals surface area contributed by atoms with E-state index in [1.807, 2.05) is 31.2 Å². The summed E-state index contributed by atoms with van der Waals surface area (Å²) in [5.41, 5.74) is 1.81. The lowest BCUT2D eigenvalue weighted by Gasteiger charge is -2.30. The van der Waals surface area contributed by atoms with Crippen molar-refractivity contribution in [3.63, 3.8) is 0 Å². The highest BCUT2D eigenvalue weighted by molar-refractivity contribution is 7.91. The molecule has 4 rings (SSSR count). The molecular weight excluding hydrogens is 428 g/mol. The van der Waals surface area contributed by atoms with Gasteiger partial charge < -0.3 is 5.32 Å². The number of nitrogens with zero attached hydrogens (tertiary/aromatic N) is 3. The summed E-state index contributed by atoms with van der Waals surface area (Å²) >= 11 is 2.45. The topological polar surface area (TPSA) is 92.3 Å². The van der Waals surface area contributed by atoms with Crippen molar-refractivity contribution in [2.75, 3.05) is 18.4 Å². The number of benzene rings is 1. The van der Waals surface area contributed by atoms with Crippen molar-refractivity contribution in [1.29, 1.82) is 0 Å². The van der Waals surface area contributed by atoms with Gasteiger partial charge in [0.15, 0.2) is 0 Å². The van der Waals surface area contributed by atoms with Gasteiger partial charge in [-0.25, -0.2) is 8.42 Å². The molecule has 2 aromatic heterocycles. The number of piperidine rings is 1. The van der Waals surface area contributed by atoms with Gasteiger partial charge in [0.1, 0.15) is 9.22 Å². The standard InChI is InChI=1S/C19H20N4O3S3/c1-13-6-8-15(9-7-13)20-17(24)19-22-21-18(28-19)14-4-2-10-23(12-14)29(25,26)16-5-3-11-27-16/h3,5-9,11,14H,2,4,10,12H2,1H3,(H,20,24)/t14-/m0/s1. The highest BCUT2D eigenvalue weighted by atomic mass is 32.2. The Bertz CT molecular complexity index is 1090. The third kappa shape index (κ3) is 4.40. The van der Waals surface area contributed by atoms with E-state index in [1.54, 1.807) is 17.5 Å². The summed E-state index contributed by atoms with van der Waals surface area (Å²) in [6.07, 6.45) is 1.57. The van der Waals surface area contributed by atoms with Crippen LogP contribution in [-0.4, -0.2) is 41.9 Å². The minimum Gasteiger partial charge on any atom is -0.320 e. The van der Waals surface area contributed by atoms with E-state index >= 15 is 0 Å². The summed E-state index contributed by atoms with van der Waals surface area (Å²) in [4.78, 5) is 12.5. The molecule has 29 heavy (non-hydrogen) atoms. The van der Waals surface area contributed by atoms with Crippen LogP contribution in [0.5, 0.6) is 0 Å². The zero-order valence-corrected chi connectivity index (χ0v) is 18.2. The first kappa shape index (κ1) is 20.1. The van der Waals surface area contributed by atoms with Crippen LogP contribution in [0.25, 0.3) is 0 Å². The molecule has 1 amide bonds. The molecule has 3 heterocycles. The quantitative estimate of drug-likeness (QED) is 0.642. The van der Waals surface area contributed by atoms with E-state index in [-0.39, 0.29) is 16.8 Å². The minimum absolute atomic E-state index is 0.0584. The molecule has 1 N–H and O–H groups in total. The molecule has 0 unspecified atom stereocenters. The second-order valence-electron chi connectivity index (χ2n) is 6.90. The minimum atomic E-state index is -3.48. The van der Waals surface area contributed by atoms with E-state index in [9.17, 15) is 13.2 Å². The summed E-state index contributed by atoms with van der Waals surface area (Å²) in [6, 6.07) is 10.9. The lowest BCUT2D eigenvalue weighted by atomic mass is 10.0. The molecule has 0 spiro atoms. The number of rotatable bonds is 5. The van der Waals surface area contributed by atoms with Gasteiger partial charge in [-0.15, -0.1) is 21.5 Å². The number of thiophene rings is 1. The fourth-order valence-electron chi connectivity index (χ4n) is 3.21. The van der Waals surface area contributed by atoms with E-state index < -0.39 is 10.0 Å². The fraction of sp³-hybridized carbons (Fsp3) is 0.316. The van der Waals surface area contributed by atoms with Gasteiger partial charge in [-0.05, 0) is 43.3 Å². The number of hydrogen-bond acceptors (Lipinski definition) is 7. The van der Waals surface area contributed by atoms with Gasteiger partial charge in [0.05, 0.1) is 0 Å². The molecule has 1 aromatic carbocycles. The molecular formula is C19H20N4O3S3. The molecule has 3 aromatic rings. The second kappa shape index (κ2) is 8.31. The van der Waals surface area contributed by atoms with Crippen molar-refractivity contribution in [2.45, 2.75) is 29.9 Å². The molecule has 0 saturated carbocycles. The number of aromatic nitrogens is 2. The van der Waals surface area contributed by atoms with Crippen molar-refractivity contribution in [1.82, 2.24) is 14.5 Å². The number of carbonyl (C=O) groups excluding carboxylic acids is 1. The number of sulfonamides is 1. The van der Waals surface area contributed by atoms with Crippen molar-refractivity contribution < 1.29 is 13.2 Å². The van der Waals surface area contributed by atoms with Crippen molar-refractivity contribution in [3.05, 3.63) is 57.4 Å². The number of hydrogen-bond donors (Lipinski definition) is 1. The third-order valence-electron chi connectivity index (χ3n) is 4.77. The number of carbonyl (C=O) groups is 1. The van der Waals surface area contributed by atoms with Gasteiger partial charge in [-0.1, -0.05) is 35.1 Å². The Balaban J connectivity index is 1.46. The maximum atomic E-state index is 12.8. The van der Waals surface area contributed by atoms with Crippen molar-refractivity contribution >= 4 is 44.3 Å². The predicted octanol–water partition coefficient (Wildman–Crippen LogP) is 3.73. The van der Waals surface area contributed by atoms with Gasteiger partial charge in [-0.2, -0.15) is 4.31 Å². The molecule has 1 atom stereocenters. The second-order valence-corrected chi connectivity index (χ2v) is 11.0. The molecule has 0 aliphatic carbocycles. The average molecular weight is 449 g/mol. The zero-order chi connectivity index (χ0) is 20.4. The number of nitrogens with one attached hydrogen (secondary N) is 1. The Morgan fingerprint density at radius 2 is 2.00 bits per heavy atom. The van der Waals surface area contributed by atoms with Crippen LogP contribution >= 0.6 is 22.7 Å². The van der Waals surface area contributed by atoms with Crippen LogP contribution in [0, 0.1) is 6.92 Å². The van der Waals surface area contributed by atoms with Crippen LogP contribution in [0.15, 0.2) is 46.0 Å². The lowest BCUT2D eigenvalue weighted by Crippen LogP contribution is -2.38. The van der Waals surface area contributed by atoms with E-state index in [0.29, 0.717) is 28.0 Å². The molecule has 7 nitrogen and oxygen atoms in total. The van der Waals surface area contributed by atoms with E-state index in [1.165, 1.54) is 27.0 Å². The van der Waals surface area contributed by atoms with Gasteiger partial charge in [0, 0.05) is 24.7 Å². The molecule has 0 radical (unpaired) electrons. The normalized spacial score (nSPS) is 17.9. The number of aryl methyl sites for hydroxylation is 1. The maximum Gasteiger partial charge on any atom is 0.286 e. The number of anilines is 1. The van der Waals surface area contributed by atoms with E-state index in [4.69, 9.17) is 0 Å². The summed E-state index contributed by atoms with van der Waals surface area (Å²) in [7, 11) is -3.48. The summed E-state index contributed by atoms with van der Waals surface area (Å²) < 4.78 is 27.5. The van der Waals surface area contributed by atoms with Gasteiger partial charge in [0.25, 0.3) is 15.9 Å². The fourth-order valence-corrected chi connectivity index (χ4v) is 6.75. The SMILES string of the molecule is Cc1ccc(NC(=O)c2nnc([C@H]3CCCN(S(=O)(=O)c4cccs4)C3)s2)cc1. The van der Waals surface area contributed by atoms with Crippen LogP contribution in [0.3, 0.4) is 0 Å². The van der Waals surface area contributed by atoms with Crippen LogP contribution in [0.4, 0.5) is 5.69 Å². The van der Waals surface area contributed by atoms with Crippen LogP contribution < -0.4 is 5.32 Å². The molecule has 0 bridgehead atoms. The van der Waals surface area contributed by atoms with Crippen molar-refractivity contribution in [3.8, 4) is 0 Å². The average Bonchev–Trinajstić information content (AvgIpc) is 3.42. The van der Waals surface area contributed by atoms with Crippen LogP contribution in [-0.2, 0) is 10.0 Å². The molecule has 152 valence electrons. The van der Waals surface area contributed by atoms with Crippen LogP contribution in [0.1, 0.15) is 39.1 Å². The summed E-state index contributed by atoms with van der Waals surface area (Å²) in [5, 5.41) is 13.8.